The molecule has 1 unspecified atom stereocenters. The zero-order chi connectivity index (χ0) is 13.0. The molecule has 1 nitrogen and oxygen atoms in total. The van der Waals surface area contributed by atoms with Crippen LogP contribution >= 0.6 is 22.9 Å². The molecule has 18 heavy (non-hydrogen) atoms. The molecule has 2 rings (SSSR count). The van der Waals surface area contributed by atoms with E-state index in [1.807, 2.05) is 24.3 Å². The van der Waals surface area contributed by atoms with Gasteiger partial charge in [-0.25, -0.2) is 0 Å². The molecule has 0 radical (unpaired) electrons. The second-order valence-corrected chi connectivity index (χ2v) is 5.96. The SMILES string of the molecule is C=C(CNC(C)c1ccc(Cl)s1)c1ccccc1. The highest BCUT2D eigenvalue weighted by Crippen LogP contribution is 2.26. The van der Waals surface area contributed by atoms with E-state index in [0.29, 0.717) is 6.04 Å². The van der Waals surface area contributed by atoms with Crippen molar-refractivity contribution in [3.05, 3.63) is 63.8 Å². The molecule has 0 aliphatic heterocycles. The zero-order valence-electron chi connectivity index (χ0n) is 10.3. The lowest BCUT2D eigenvalue weighted by Gasteiger charge is -2.13. The fourth-order valence-corrected chi connectivity index (χ4v) is 2.80. The predicted molar refractivity (Wildman–Crippen MR) is 81.2 cm³/mol. The number of thiophene rings is 1. The molecule has 0 spiro atoms. The van der Waals surface area contributed by atoms with Gasteiger partial charge in [-0.1, -0.05) is 48.5 Å². The topological polar surface area (TPSA) is 12.0 Å². The van der Waals surface area contributed by atoms with Gasteiger partial charge in [-0.3, -0.25) is 0 Å². The maximum absolute atomic E-state index is 5.94. The van der Waals surface area contributed by atoms with E-state index < -0.39 is 0 Å². The third kappa shape index (κ3) is 3.45. The van der Waals surface area contributed by atoms with Crippen molar-refractivity contribution < 1.29 is 0 Å². The summed E-state index contributed by atoms with van der Waals surface area (Å²) in [7, 11) is 0. The summed E-state index contributed by atoms with van der Waals surface area (Å²) < 4.78 is 0.834. The van der Waals surface area contributed by atoms with Crippen molar-refractivity contribution in [2.24, 2.45) is 0 Å². The molecule has 0 aliphatic carbocycles. The lowest BCUT2D eigenvalue weighted by molar-refractivity contribution is 0.633. The number of hydrogen-bond acceptors (Lipinski definition) is 2. The molecule has 1 atom stereocenters. The third-order valence-electron chi connectivity index (χ3n) is 2.82. The van der Waals surface area contributed by atoms with Crippen LogP contribution in [0.4, 0.5) is 0 Å². The molecular formula is C15H16ClNS. The van der Waals surface area contributed by atoms with Crippen molar-refractivity contribution >= 4 is 28.5 Å². The minimum absolute atomic E-state index is 0.294. The molecule has 1 aromatic heterocycles. The van der Waals surface area contributed by atoms with E-state index in [2.05, 4.69) is 37.0 Å². The minimum atomic E-state index is 0.294. The average molecular weight is 278 g/mol. The van der Waals surface area contributed by atoms with Crippen molar-refractivity contribution in [3.8, 4) is 0 Å². The minimum Gasteiger partial charge on any atom is -0.305 e. The quantitative estimate of drug-likeness (QED) is 0.830. The summed E-state index contributed by atoms with van der Waals surface area (Å²) in [5.74, 6) is 0. The third-order valence-corrected chi connectivity index (χ3v) is 4.24. The standard InChI is InChI=1S/C15H16ClNS/c1-11(13-6-4-3-5-7-13)10-17-12(2)14-8-9-15(16)18-14/h3-9,12,17H,1,10H2,2H3. The summed E-state index contributed by atoms with van der Waals surface area (Å²) in [6.07, 6.45) is 0. The Bertz CT molecular complexity index is 518. The van der Waals surface area contributed by atoms with E-state index in [1.54, 1.807) is 11.3 Å². The second-order valence-electron chi connectivity index (χ2n) is 4.21. The Kier molecular flexibility index (Phi) is 4.59. The maximum Gasteiger partial charge on any atom is 0.0931 e. The number of rotatable bonds is 5. The van der Waals surface area contributed by atoms with Gasteiger partial charge in [-0.05, 0) is 30.2 Å². The monoisotopic (exact) mass is 277 g/mol. The largest absolute Gasteiger partial charge is 0.305 e. The van der Waals surface area contributed by atoms with Crippen molar-refractivity contribution in [2.45, 2.75) is 13.0 Å². The molecule has 1 aromatic carbocycles. The van der Waals surface area contributed by atoms with Gasteiger partial charge in [0, 0.05) is 17.5 Å². The van der Waals surface area contributed by atoms with E-state index >= 15 is 0 Å². The van der Waals surface area contributed by atoms with Crippen molar-refractivity contribution in [1.82, 2.24) is 5.32 Å². The second kappa shape index (κ2) is 6.19. The highest BCUT2D eigenvalue weighted by molar-refractivity contribution is 7.16. The van der Waals surface area contributed by atoms with Gasteiger partial charge >= 0.3 is 0 Å². The Morgan fingerprint density at radius 3 is 2.61 bits per heavy atom. The lowest BCUT2D eigenvalue weighted by Crippen LogP contribution is -2.19. The molecule has 0 saturated heterocycles. The van der Waals surface area contributed by atoms with Crippen LogP contribution in [0.5, 0.6) is 0 Å². The van der Waals surface area contributed by atoms with Crippen LogP contribution in [0.15, 0.2) is 49.0 Å². The number of nitrogens with one attached hydrogen (secondary N) is 1. The van der Waals surface area contributed by atoms with E-state index in [1.165, 1.54) is 10.4 Å². The van der Waals surface area contributed by atoms with E-state index in [-0.39, 0.29) is 0 Å². The Morgan fingerprint density at radius 2 is 2.00 bits per heavy atom. The van der Waals surface area contributed by atoms with Crippen molar-refractivity contribution in [1.29, 1.82) is 0 Å². The maximum atomic E-state index is 5.94. The first kappa shape index (κ1) is 13.3. The molecule has 0 bridgehead atoms. The number of halogens is 1. The lowest BCUT2D eigenvalue weighted by atomic mass is 10.1. The molecule has 0 saturated carbocycles. The van der Waals surface area contributed by atoms with Crippen LogP contribution < -0.4 is 5.32 Å². The average Bonchev–Trinajstić information content (AvgIpc) is 2.83. The zero-order valence-corrected chi connectivity index (χ0v) is 11.9. The van der Waals surface area contributed by atoms with E-state index in [0.717, 1.165) is 16.5 Å². The van der Waals surface area contributed by atoms with Gasteiger partial charge in [-0.15, -0.1) is 11.3 Å². The van der Waals surface area contributed by atoms with Crippen molar-refractivity contribution in [2.75, 3.05) is 6.54 Å². The van der Waals surface area contributed by atoms with Crippen LogP contribution in [0.1, 0.15) is 23.4 Å². The molecule has 2 aromatic rings. The molecule has 1 N–H and O–H groups in total. The number of hydrogen-bond donors (Lipinski definition) is 1. The van der Waals surface area contributed by atoms with Crippen molar-refractivity contribution in [3.63, 3.8) is 0 Å². The predicted octanol–water partition coefficient (Wildman–Crippen LogP) is 4.77. The van der Waals surface area contributed by atoms with Crippen LogP contribution in [0.2, 0.25) is 4.34 Å². The first-order valence-electron chi connectivity index (χ1n) is 5.88. The molecule has 1 heterocycles. The van der Waals surface area contributed by atoms with Gasteiger partial charge in [0.15, 0.2) is 0 Å². The number of benzene rings is 1. The first-order chi connectivity index (χ1) is 8.66. The van der Waals surface area contributed by atoms with Gasteiger partial charge in [0.1, 0.15) is 0 Å². The van der Waals surface area contributed by atoms with Crippen LogP contribution in [0, 0.1) is 0 Å². The Balaban J connectivity index is 1.90. The summed E-state index contributed by atoms with van der Waals surface area (Å²) >= 11 is 7.55. The van der Waals surface area contributed by atoms with Crippen LogP contribution in [0.25, 0.3) is 5.57 Å². The van der Waals surface area contributed by atoms with E-state index in [9.17, 15) is 0 Å². The van der Waals surface area contributed by atoms with Gasteiger partial charge in [0.05, 0.1) is 4.34 Å². The summed E-state index contributed by atoms with van der Waals surface area (Å²) in [5.41, 5.74) is 2.28. The Morgan fingerprint density at radius 1 is 1.28 bits per heavy atom. The van der Waals surface area contributed by atoms with Crippen LogP contribution in [0.3, 0.4) is 0 Å². The highest BCUT2D eigenvalue weighted by Gasteiger charge is 2.08. The van der Waals surface area contributed by atoms with E-state index in [4.69, 9.17) is 11.6 Å². The van der Waals surface area contributed by atoms with Crippen LogP contribution in [-0.4, -0.2) is 6.54 Å². The van der Waals surface area contributed by atoms with Gasteiger partial charge in [0.25, 0.3) is 0 Å². The molecule has 0 amide bonds. The fourth-order valence-electron chi connectivity index (χ4n) is 1.71. The summed E-state index contributed by atoms with van der Waals surface area (Å²) in [5, 5.41) is 3.46. The Labute approximate surface area is 117 Å². The van der Waals surface area contributed by atoms with Gasteiger partial charge in [-0.2, -0.15) is 0 Å². The summed E-state index contributed by atoms with van der Waals surface area (Å²) in [6, 6.07) is 14.5. The molecule has 0 fully saturated rings. The van der Waals surface area contributed by atoms with Gasteiger partial charge < -0.3 is 5.32 Å². The highest BCUT2D eigenvalue weighted by atomic mass is 35.5. The molecular weight excluding hydrogens is 262 g/mol. The molecule has 0 aliphatic rings. The first-order valence-corrected chi connectivity index (χ1v) is 7.08. The fraction of sp³-hybridized carbons (Fsp3) is 0.200. The smallest absolute Gasteiger partial charge is 0.0931 e. The summed E-state index contributed by atoms with van der Waals surface area (Å²) in [4.78, 5) is 1.25. The normalized spacial score (nSPS) is 12.3. The Hall–Kier alpha value is -1.09. The molecule has 94 valence electrons. The van der Waals surface area contributed by atoms with Gasteiger partial charge in [0.2, 0.25) is 0 Å². The molecule has 3 heteroatoms. The van der Waals surface area contributed by atoms with Crippen LogP contribution in [-0.2, 0) is 0 Å². The summed E-state index contributed by atoms with van der Waals surface area (Å²) in [6.45, 7) is 7.03.